The van der Waals surface area contributed by atoms with Crippen molar-refractivity contribution in [2.45, 2.75) is 32.7 Å². The highest BCUT2D eigenvalue weighted by Gasteiger charge is 2.22. The summed E-state index contributed by atoms with van der Waals surface area (Å²) in [5.74, 6) is 0.392. The zero-order valence-corrected chi connectivity index (χ0v) is 15.2. The van der Waals surface area contributed by atoms with Crippen molar-refractivity contribution >= 4 is 15.9 Å². The molecule has 0 aliphatic rings. The van der Waals surface area contributed by atoms with Crippen LogP contribution in [0, 0.1) is 0 Å². The van der Waals surface area contributed by atoms with E-state index in [-0.39, 0.29) is 19.0 Å². The Morgan fingerprint density at radius 2 is 1.87 bits per heavy atom. The van der Waals surface area contributed by atoms with E-state index in [1.165, 1.54) is 4.31 Å². The van der Waals surface area contributed by atoms with E-state index in [0.717, 1.165) is 11.8 Å². The number of para-hydroxylation sites is 1. The summed E-state index contributed by atoms with van der Waals surface area (Å²) in [6.07, 6.45) is 1.58. The smallest absolute Gasteiger partial charge is 0.235 e. The molecule has 0 fully saturated rings. The van der Waals surface area contributed by atoms with Crippen LogP contribution in [0.2, 0.25) is 0 Å². The van der Waals surface area contributed by atoms with E-state index in [9.17, 15) is 13.2 Å². The monoisotopic (exact) mass is 342 g/mol. The third-order valence-corrected chi connectivity index (χ3v) is 4.38. The van der Waals surface area contributed by atoms with Crippen LogP contribution in [0.1, 0.15) is 26.3 Å². The van der Waals surface area contributed by atoms with Crippen LogP contribution < -0.4 is 10.1 Å². The van der Waals surface area contributed by atoms with Gasteiger partial charge in [-0.15, -0.1) is 0 Å². The summed E-state index contributed by atoms with van der Waals surface area (Å²) in [6.45, 7) is 5.58. The first-order valence-corrected chi connectivity index (χ1v) is 9.26. The number of ether oxygens (including phenoxy) is 1. The zero-order chi connectivity index (χ0) is 17.7. The number of amides is 1. The van der Waals surface area contributed by atoms with Gasteiger partial charge in [0.05, 0.1) is 19.9 Å². The number of rotatable bonds is 7. The second-order valence-corrected chi connectivity index (χ2v) is 8.44. The Balaban J connectivity index is 2.79. The molecule has 0 saturated carbocycles. The molecule has 0 spiro atoms. The SMILES string of the molecule is COc1ccccc1CCN(CC(=O)NC(C)(C)C)S(C)(=O)=O. The minimum Gasteiger partial charge on any atom is -0.496 e. The minimum absolute atomic E-state index is 0.189. The molecule has 1 amide bonds. The van der Waals surface area contributed by atoms with Crippen molar-refractivity contribution in [3.8, 4) is 5.75 Å². The molecule has 0 saturated heterocycles. The highest BCUT2D eigenvalue weighted by molar-refractivity contribution is 7.88. The topological polar surface area (TPSA) is 75.7 Å². The van der Waals surface area contributed by atoms with Crippen LogP contribution >= 0.6 is 0 Å². The van der Waals surface area contributed by atoms with E-state index < -0.39 is 15.6 Å². The highest BCUT2D eigenvalue weighted by atomic mass is 32.2. The molecule has 1 rings (SSSR count). The molecule has 1 aromatic rings. The van der Waals surface area contributed by atoms with Gasteiger partial charge in [-0.25, -0.2) is 8.42 Å². The minimum atomic E-state index is -3.47. The van der Waals surface area contributed by atoms with Gasteiger partial charge >= 0.3 is 0 Å². The van der Waals surface area contributed by atoms with Crippen LogP contribution in [0.4, 0.5) is 0 Å². The molecular formula is C16H26N2O4S. The summed E-state index contributed by atoms with van der Waals surface area (Å²) in [6, 6.07) is 7.43. The maximum atomic E-state index is 12.0. The lowest BCUT2D eigenvalue weighted by molar-refractivity contribution is -0.122. The number of hydrogen-bond acceptors (Lipinski definition) is 4. The molecule has 1 N–H and O–H groups in total. The number of hydrogen-bond donors (Lipinski definition) is 1. The van der Waals surface area contributed by atoms with Gasteiger partial charge in [0, 0.05) is 12.1 Å². The number of nitrogens with one attached hydrogen (secondary N) is 1. The quantitative estimate of drug-likeness (QED) is 0.813. The predicted octanol–water partition coefficient (Wildman–Crippen LogP) is 1.41. The molecule has 0 bridgehead atoms. The molecule has 0 radical (unpaired) electrons. The fourth-order valence-corrected chi connectivity index (χ4v) is 2.91. The summed E-state index contributed by atoms with van der Waals surface area (Å²) in [5, 5.41) is 2.77. The average molecular weight is 342 g/mol. The van der Waals surface area contributed by atoms with Crippen LogP contribution in [-0.4, -0.2) is 50.6 Å². The largest absolute Gasteiger partial charge is 0.496 e. The van der Waals surface area contributed by atoms with E-state index in [1.807, 2.05) is 45.0 Å². The van der Waals surface area contributed by atoms with Crippen LogP contribution in [0.5, 0.6) is 5.75 Å². The van der Waals surface area contributed by atoms with Crippen molar-refractivity contribution in [2.24, 2.45) is 0 Å². The number of methoxy groups -OCH3 is 1. The first kappa shape index (κ1) is 19.4. The molecule has 7 heteroatoms. The first-order chi connectivity index (χ1) is 10.5. The van der Waals surface area contributed by atoms with Gasteiger partial charge in [0.1, 0.15) is 5.75 Å². The van der Waals surface area contributed by atoms with Gasteiger partial charge < -0.3 is 10.1 Å². The fraction of sp³-hybridized carbons (Fsp3) is 0.562. The Morgan fingerprint density at radius 1 is 1.26 bits per heavy atom. The molecule has 0 aliphatic heterocycles. The molecule has 0 aromatic heterocycles. The van der Waals surface area contributed by atoms with E-state index in [0.29, 0.717) is 12.2 Å². The number of nitrogens with zero attached hydrogens (tertiary/aromatic N) is 1. The number of sulfonamides is 1. The van der Waals surface area contributed by atoms with E-state index in [2.05, 4.69) is 5.32 Å². The van der Waals surface area contributed by atoms with Gasteiger partial charge in [-0.3, -0.25) is 4.79 Å². The van der Waals surface area contributed by atoms with Gasteiger partial charge in [0.2, 0.25) is 15.9 Å². The second kappa shape index (κ2) is 7.79. The standard InChI is InChI=1S/C16H26N2O4S/c1-16(2,3)17-15(19)12-18(23(5,20)21)11-10-13-8-6-7-9-14(13)22-4/h6-9H,10-12H2,1-5H3,(H,17,19). The van der Waals surface area contributed by atoms with Crippen molar-refractivity contribution < 1.29 is 17.9 Å². The maximum Gasteiger partial charge on any atom is 0.235 e. The molecule has 1 aromatic carbocycles. The summed E-state index contributed by atoms with van der Waals surface area (Å²) in [4.78, 5) is 12.0. The van der Waals surface area contributed by atoms with Crippen LogP contribution in [0.25, 0.3) is 0 Å². The van der Waals surface area contributed by atoms with Crippen LogP contribution in [-0.2, 0) is 21.2 Å². The maximum absolute atomic E-state index is 12.0. The summed E-state index contributed by atoms with van der Waals surface area (Å²) in [5.41, 5.74) is 0.503. The Bertz CT molecular complexity index is 636. The molecule has 0 aliphatic carbocycles. The van der Waals surface area contributed by atoms with Crippen molar-refractivity contribution in [1.29, 1.82) is 0 Å². The first-order valence-electron chi connectivity index (χ1n) is 7.41. The van der Waals surface area contributed by atoms with E-state index >= 15 is 0 Å². The van der Waals surface area contributed by atoms with Crippen molar-refractivity contribution in [2.75, 3.05) is 26.5 Å². The second-order valence-electron chi connectivity index (χ2n) is 6.46. The molecule has 0 heterocycles. The fourth-order valence-electron chi connectivity index (χ4n) is 2.13. The molecule has 0 atom stereocenters. The Kier molecular flexibility index (Phi) is 6.58. The molecule has 0 unspecified atom stereocenters. The third-order valence-electron chi connectivity index (χ3n) is 3.13. The third kappa shape index (κ3) is 7.00. The molecular weight excluding hydrogens is 316 g/mol. The van der Waals surface area contributed by atoms with Gasteiger partial charge in [-0.2, -0.15) is 4.31 Å². The molecule has 6 nitrogen and oxygen atoms in total. The van der Waals surface area contributed by atoms with Crippen molar-refractivity contribution in [3.63, 3.8) is 0 Å². The summed E-state index contributed by atoms with van der Waals surface area (Å²) < 4.78 is 30.3. The summed E-state index contributed by atoms with van der Waals surface area (Å²) >= 11 is 0. The molecule has 23 heavy (non-hydrogen) atoms. The predicted molar refractivity (Wildman–Crippen MR) is 91.0 cm³/mol. The lowest BCUT2D eigenvalue weighted by Crippen LogP contribution is -2.47. The normalized spacial score (nSPS) is 12.3. The molecule has 130 valence electrons. The van der Waals surface area contributed by atoms with Crippen LogP contribution in [0.15, 0.2) is 24.3 Å². The van der Waals surface area contributed by atoms with E-state index in [1.54, 1.807) is 7.11 Å². The number of carbonyl (C=O) groups excluding carboxylic acids is 1. The Labute approximate surface area is 138 Å². The number of benzene rings is 1. The van der Waals surface area contributed by atoms with Gasteiger partial charge in [0.25, 0.3) is 0 Å². The van der Waals surface area contributed by atoms with E-state index in [4.69, 9.17) is 4.74 Å². The Morgan fingerprint density at radius 3 is 2.39 bits per heavy atom. The lowest BCUT2D eigenvalue weighted by Gasteiger charge is -2.24. The van der Waals surface area contributed by atoms with Gasteiger partial charge in [-0.1, -0.05) is 18.2 Å². The van der Waals surface area contributed by atoms with Crippen molar-refractivity contribution in [1.82, 2.24) is 9.62 Å². The highest BCUT2D eigenvalue weighted by Crippen LogP contribution is 2.18. The average Bonchev–Trinajstić information content (AvgIpc) is 2.40. The summed E-state index contributed by atoms with van der Waals surface area (Å²) in [7, 11) is -1.90. The lowest BCUT2D eigenvalue weighted by atomic mass is 10.1. The zero-order valence-electron chi connectivity index (χ0n) is 14.4. The van der Waals surface area contributed by atoms with Crippen LogP contribution in [0.3, 0.4) is 0 Å². The van der Waals surface area contributed by atoms with Gasteiger partial charge in [-0.05, 0) is 38.8 Å². The van der Waals surface area contributed by atoms with Gasteiger partial charge in [0.15, 0.2) is 0 Å². The Hall–Kier alpha value is -1.60. The number of carbonyl (C=O) groups is 1. The van der Waals surface area contributed by atoms with Crippen molar-refractivity contribution in [3.05, 3.63) is 29.8 Å².